The van der Waals surface area contributed by atoms with Gasteiger partial charge in [0.2, 0.25) is 5.91 Å². The summed E-state index contributed by atoms with van der Waals surface area (Å²) in [6, 6.07) is 11.2. The fourth-order valence-electron chi connectivity index (χ4n) is 2.71. The van der Waals surface area contributed by atoms with Crippen LogP contribution in [-0.2, 0) is 17.8 Å². The Bertz CT molecular complexity index is 1010. The first-order valence-corrected chi connectivity index (χ1v) is 8.04. The molecule has 0 spiro atoms. The first kappa shape index (κ1) is 16.8. The number of aromatic nitrogens is 2. The lowest BCUT2D eigenvalue weighted by atomic mass is 10.2. The fraction of sp³-hybridized carbons (Fsp3) is 0.211. The summed E-state index contributed by atoms with van der Waals surface area (Å²) < 4.78 is 14.7. The molecule has 25 heavy (non-hydrogen) atoms. The Balaban J connectivity index is 1.94. The number of anilines is 1. The Hall–Kier alpha value is -3.02. The Morgan fingerprint density at radius 2 is 2.00 bits per heavy atom. The first-order valence-electron chi connectivity index (χ1n) is 8.04. The van der Waals surface area contributed by atoms with Gasteiger partial charge in [-0.2, -0.15) is 0 Å². The Morgan fingerprint density at radius 1 is 1.24 bits per heavy atom. The molecule has 1 amide bonds. The van der Waals surface area contributed by atoms with E-state index in [-0.39, 0.29) is 12.1 Å². The van der Waals surface area contributed by atoms with Crippen LogP contribution in [0.3, 0.4) is 0 Å². The second-order valence-electron chi connectivity index (χ2n) is 5.80. The first-order chi connectivity index (χ1) is 12.0. The highest BCUT2D eigenvalue weighted by Gasteiger charge is 2.13. The van der Waals surface area contributed by atoms with Gasteiger partial charge in [-0.1, -0.05) is 25.1 Å². The molecule has 0 bridgehead atoms. The van der Waals surface area contributed by atoms with Crippen LogP contribution in [0.2, 0.25) is 0 Å². The highest BCUT2D eigenvalue weighted by molar-refractivity contribution is 5.91. The van der Waals surface area contributed by atoms with Crippen LogP contribution in [0.15, 0.2) is 47.3 Å². The minimum absolute atomic E-state index is 0.171. The van der Waals surface area contributed by atoms with Crippen molar-refractivity contribution < 1.29 is 9.18 Å². The van der Waals surface area contributed by atoms with Gasteiger partial charge >= 0.3 is 0 Å². The number of para-hydroxylation sites is 1. The van der Waals surface area contributed by atoms with Crippen LogP contribution < -0.4 is 10.9 Å². The van der Waals surface area contributed by atoms with E-state index in [9.17, 15) is 14.0 Å². The van der Waals surface area contributed by atoms with Gasteiger partial charge < -0.3 is 5.32 Å². The van der Waals surface area contributed by atoms with E-state index >= 15 is 0 Å². The molecule has 0 saturated carbocycles. The van der Waals surface area contributed by atoms with Crippen LogP contribution in [-0.4, -0.2) is 15.5 Å². The molecule has 0 fully saturated rings. The third-order valence-corrected chi connectivity index (χ3v) is 4.03. The summed E-state index contributed by atoms with van der Waals surface area (Å²) in [4.78, 5) is 29.6. The summed E-state index contributed by atoms with van der Waals surface area (Å²) in [5.41, 5.74) is 1.50. The van der Waals surface area contributed by atoms with Crippen molar-refractivity contribution in [2.24, 2.45) is 0 Å². The quantitative estimate of drug-likeness (QED) is 0.795. The highest BCUT2D eigenvalue weighted by atomic mass is 19.1. The summed E-state index contributed by atoms with van der Waals surface area (Å²) in [7, 11) is 0. The number of rotatable bonds is 4. The van der Waals surface area contributed by atoms with E-state index in [1.165, 1.54) is 16.7 Å². The molecule has 1 heterocycles. The molecule has 0 aliphatic heterocycles. The molecule has 0 unspecified atom stereocenters. The summed E-state index contributed by atoms with van der Waals surface area (Å²) in [6.07, 6.45) is 0.520. The van der Waals surface area contributed by atoms with Crippen molar-refractivity contribution in [3.63, 3.8) is 0 Å². The molecule has 1 N–H and O–H groups in total. The number of nitrogens with zero attached hydrogens (tertiary/aromatic N) is 2. The lowest BCUT2D eigenvalue weighted by Gasteiger charge is -2.13. The van der Waals surface area contributed by atoms with Crippen LogP contribution in [0.5, 0.6) is 0 Å². The molecule has 0 aliphatic rings. The van der Waals surface area contributed by atoms with Crippen molar-refractivity contribution in [2.45, 2.75) is 26.8 Å². The zero-order valence-corrected chi connectivity index (χ0v) is 14.0. The van der Waals surface area contributed by atoms with Crippen LogP contribution in [0.1, 0.15) is 18.3 Å². The molecule has 1 aromatic heterocycles. The van der Waals surface area contributed by atoms with E-state index in [1.54, 1.807) is 31.2 Å². The third kappa shape index (κ3) is 3.42. The largest absolute Gasteiger partial charge is 0.324 e. The van der Waals surface area contributed by atoms with Crippen molar-refractivity contribution in [1.82, 2.24) is 9.55 Å². The standard InChI is InChI=1S/C19H18FN3O2/c1-3-17-21-15-7-5-4-6-14(15)19(25)23(17)11-18(24)22-16-10-13(20)9-8-12(16)2/h4-10H,3,11H2,1-2H3,(H,22,24). The number of hydrogen-bond acceptors (Lipinski definition) is 3. The molecule has 0 radical (unpaired) electrons. The fourth-order valence-corrected chi connectivity index (χ4v) is 2.71. The zero-order chi connectivity index (χ0) is 18.0. The summed E-state index contributed by atoms with van der Waals surface area (Å²) in [5, 5.41) is 3.13. The number of carbonyl (C=O) groups excluding carboxylic acids is 1. The van der Waals surface area contributed by atoms with Gasteiger partial charge in [0.1, 0.15) is 18.2 Å². The lowest BCUT2D eigenvalue weighted by molar-refractivity contribution is -0.116. The van der Waals surface area contributed by atoms with Gasteiger partial charge in [-0.3, -0.25) is 14.2 Å². The zero-order valence-electron chi connectivity index (χ0n) is 14.0. The maximum atomic E-state index is 13.4. The van der Waals surface area contributed by atoms with Gasteiger partial charge in [0.15, 0.2) is 0 Å². The highest BCUT2D eigenvalue weighted by Crippen LogP contribution is 2.16. The smallest absolute Gasteiger partial charge is 0.261 e. The number of nitrogens with one attached hydrogen (secondary N) is 1. The normalized spacial score (nSPS) is 10.8. The molecule has 3 aromatic rings. The van der Waals surface area contributed by atoms with Crippen molar-refractivity contribution in [2.75, 3.05) is 5.32 Å². The van der Waals surface area contributed by atoms with Crippen LogP contribution in [0.25, 0.3) is 10.9 Å². The van der Waals surface area contributed by atoms with Gasteiger partial charge in [-0.15, -0.1) is 0 Å². The molecule has 5 nitrogen and oxygen atoms in total. The van der Waals surface area contributed by atoms with Gasteiger partial charge in [0, 0.05) is 12.1 Å². The summed E-state index contributed by atoms with van der Waals surface area (Å²) >= 11 is 0. The van der Waals surface area contributed by atoms with Crippen LogP contribution in [0.4, 0.5) is 10.1 Å². The molecular weight excluding hydrogens is 321 g/mol. The SMILES string of the molecule is CCc1nc2ccccc2c(=O)n1CC(=O)Nc1cc(F)ccc1C. The number of benzene rings is 2. The number of aryl methyl sites for hydroxylation is 2. The van der Waals surface area contributed by atoms with Gasteiger partial charge in [0.25, 0.3) is 5.56 Å². The number of hydrogen-bond donors (Lipinski definition) is 1. The molecule has 0 atom stereocenters. The number of fused-ring (bicyclic) bond motifs is 1. The average Bonchev–Trinajstić information content (AvgIpc) is 2.60. The molecule has 3 rings (SSSR count). The second kappa shape index (κ2) is 6.84. The van der Waals surface area contributed by atoms with Gasteiger partial charge in [-0.05, 0) is 36.8 Å². The van der Waals surface area contributed by atoms with Crippen molar-refractivity contribution in [3.05, 3.63) is 70.0 Å². The van der Waals surface area contributed by atoms with Crippen molar-refractivity contribution >= 4 is 22.5 Å². The average molecular weight is 339 g/mol. The van der Waals surface area contributed by atoms with E-state index < -0.39 is 11.7 Å². The molecule has 0 aliphatic carbocycles. The van der Waals surface area contributed by atoms with E-state index in [1.807, 2.05) is 13.0 Å². The van der Waals surface area contributed by atoms with Crippen LogP contribution >= 0.6 is 0 Å². The molecule has 6 heteroatoms. The van der Waals surface area contributed by atoms with Gasteiger partial charge in [-0.25, -0.2) is 9.37 Å². The van der Waals surface area contributed by atoms with E-state index in [2.05, 4.69) is 10.3 Å². The van der Waals surface area contributed by atoms with Crippen LogP contribution in [0, 0.1) is 12.7 Å². The second-order valence-corrected chi connectivity index (χ2v) is 5.80. The number of amides is 1. The monoisotopic (exact) mass is 339 g/mol. The summed E-state index contributed by atoms with van der Waals surface area (Å²) in [6.45, 7) is 3.48. The lowest BCUT2D eigenvalue weighted by Crippen LogP contribution is -2.31. The third-order valence-electron chi connectivity index (χ3n) is 4.03. The molecule has 0 saturated heterocycles. The van der Waals surface area contributed by atoms with E-state index in [0.717, 1.165) is 5.56 Å². The molecular formula is C19H18FN3O2. The predicted molar refractivity (Wildman–Crippen MR) is 95.1 cm³/mol. The Kier molecular flexibility index (Phi) is 4.61. The Labute approximate surface area is 144 Å². The Morgan fingerprint density at radius 3 is 2.76 bits per heavy atom. The predicted octanol–water partition coefficient (Wildman–Crippen LogP) is 3.05. The maximum absolute atomic E-state index is 13.4. The minimum atomic E-state index is -0.431. The molecule has 128 valence electrons. The topological polar surface area (TPSA) is 64.0 Å². The molecule has 2 aromatic carbocycles. The van der Waals surface area contributed by atoms with E-state index in [0.29, 0.717) is 28.8 Å². The summed E-state index contributed by atoms with van der Waals surface area (Å²) in [5.74, 6) is -0.294. The van der Waals surface area contributed by atoms with Crippen molar-refractivity contribution in [1.29, 1.82) is 0 Å². The van der Waals surface area contributed by atoms with Gasteiger partial charge in [0.05, 0.1) is 10.9 Å². The van der Waals surface area contributed by atoms with E-state index in [4.69, 9.17) is 0 Å². The maximum Gasteiger partial charge on any atom is 0.261 e. The number of carbonyl (C=O) groups is 1. The minimum Gasteiger partial charge on any atom is -0.324 e. The van der Waals surface area contributed by atoms with Crippen molar-refractivity contribution in [3.8, 4) is 0 Å². The number of halogens is 1.